The fourth-order valence-corrected chi connectivity index (χ4v) is 3.01. The predicted molar refractivity (Wildman–Crippen MR) is 93.7 cm³/mol. The number of likely N-dealkylation sites (tertiary alicyclic amines) is 1. The molecule has 6 heteroatoms. The van der Waals surface area contributed by atoms with Gasteiger partial charge in [-0.15, -0.1) is 0 Å². The molecule has 1 aliphatic rings. The second kappa shape index (κ2) is 7.92. The number of hydrogen-bond donors (Lipinski definition) is 1. The lowest BCUT2D eigenvalue weighted by atomic mass is 9.98. The molecule has 2 rings (SSSR count). The first-order chi connectivity index (χ1) is 11.3. The van der Waals surface area contributed by atoms with Gasteiger partial charge in [0.25, 0.3) is 0 Å². The summed E-state index contributed by atoms with van der Waals surface area (Å²) >= 11 is 0. The summed E-state index contributed by atoms with van der Waals surface area (Å²) in [6.07, 6.45) is 5.38. The van der Waals surface area contributed by atoms with Gasteiger partial charge in [-0.25, -0.2) is 4.79 Å². The Kier molecular flexibility index (Phi) is 6.15. The Bertz CT molecular complexity index is 556. The second-order valence-corrected chi connectivity index (χ2v) is 7.59. The molecule has 134 valence electrons. The Morgan fingerprint density at radius 3 is 2.79 bits per heavy atom. The first kappa shape index (κ1) is 18.6. The molecule has 1 aromatic rings. The molecule has 0 aliphatic carbocycles. The fourth-order valence-electron chi connectivity index (χ4n) is 3.01. The number of nitrogens with one attached hydrogen (secondary N) is 1. The third-order valence-electron chi connectivity index (χ3n) is 4.21. The highest BCUT2D eigenvalue weighted by molar-refractivity contribution is 5.68. The van der Waals surface area contributed by atoms with Gasteiger partial charge in [0.05, 0.1) is 11.4 Å². The van der Waals surface area contributed by atoms with Crippen LogP contribution in [0.1, 0.15) is 58.0 Å². The summed E-state index contributed by atoms with van der Waals surface area (Å²) < 4.78 is 5.48. The standard InChI is InChI=1S/C18H30N4O2/c1-13-16(20-9-8-19-13)14(2)21-11-15-7-6-10-22(12-15)17(23)24-18(3,4)5/h8-9,14-15,21H,6-7,10-12H2,1-5H3. The highest BCUT2D eigenvalue weighted by Crippen LogP contribution is 2.20. The monoisotopic (exact) mass is 334 g/mol. The second-order valence-electron chi connectivity index (χ2n) is 7.59. The summed E-state index contributed by atoms with van der Waals surface area (Å²) in [5.41, 5.74) is 1.49. The van der Waals surface area contributed by atoms with Crippen LogP contribution in [0.3, 0.4) is 0 Å². The van der Waals surface area contributed by atoms with Gasteiger partial charge in [0.2, 0.25) is 0 Å². The summed E-state index contributed by atoms with van der Waals surface area (Å²) in [6.45, 7) is 12.2. The number of piperidine rings is 1. The number of aryl methyl sites for hydroxylation is 1. The van der Waals surface area contributed by atoms with Crippen molar-refractivity contribution in [3.8, 4) is 0 Å². The number of amides is 1. The summed E-state index contributed by atoms with van der Waals surface area (Å²) in [6, 6.07) is 0.149. The molecule has 1 N–H and O–H groups in total. The van der Waals surface area contributed by atoms with E-state index < -0.39 is 5.60 Å². The van der Waals surface area contributed by atoms with E-state index in [0.717, 1.165) is 43.9 Å². The third-order valence-corrected chi connectivity index (χ3v) is 4.21. The van der Waals surface area contributed by atoms with Gasteiger partial charge < -0.3 is 15.0 Å². The van der Waals surface area contributed by atoms with E-state index >= 15 is 0 Å². The van der Waals surface area contributed by atoms with E-state index in [1.54, 1.807) is 12.4 Å². The van der Waals surface area contributed by atoms with Crippen molar-refractivity contribution >= 4 is 6.09 Å². The Morgan fingerprint density at radius 2 is 2.12 bits per heavy atom. The van der Waals surface area contributed by atoms with Crippen molar-refractivity contribution in [1.82, 2.24) is 20.2 Å². The molecule has 24 heavy (non-hydrogen) atoms. The summed E-state index contributed by atoms with van der Waals surface area (Å²) in [5, 5.41) is 3.54. The minimum atomic E-state index is -0.444. The Balaban J connectivity index is 1.85. The van der Waals surface area contributed by atoms with Crippen molar-refractivity contribution in [2.24, 2.45) is 5.92 Å². The van der Waals surface area contributed by atoms with Crippen LogP contribution in [0.15, 0.2) is 12.4 Å². The third kappa shape index (κ3) is 5.44. The zero-order valence-corrected chi connectivity index (χ0v) is 15.5. The van der Waals surface area contributed by atoms with Crippen molar-refractivity contribution in [3.05, 3.63) is 23.8 Å². The molecule has 0 radical (unpaired) electrons. The molecule has 0 spiro atoms. The quantitative estimate of drug-likeness (QED) is 0.916. The van der Waals surface area contributed by atoms with Gasteiger partial charge in [-0.1, -0.05) is 0 Å². The van der Waals surface area contributed by atoms with Gasteiger partial charge in [-0.2, -0.15) is 0 Å². The van der Waals surface area contributed by atoms with E-state index in [1.165, 1.54) is 0 Å². The molecule has 2 atom stereocenters. The Labute approximate surface area is 145 Å². The Hall–Kier alpha value is -1.69. The van der Waals surface area contributed by atoms with E-state index in [-0.39, 0.29) is 12.1 Å². The van der Waals surface area contributed by atoms with Gasteiger partial charge in [-0.3, -0.25) is 9.97 Å². The molecule has 1 aliphatic heterocycles. The summed E-state index contributed by atoms with van der Waals surface area (Å²) in [7, 11) is 0. The highest BCUT2D eigenvalue weighted by atomic mass is 16.6. The van der Waals surface area contributed by atoms with E-state index in [2.05, 4.69) is 22.2 Å². The highest BCUT2D eigenvalue weighted by Gasteiger charge is 2.27. The Morgan fingerprint density at radius 1 is 1.42 bits per heavy atom. The fraction of sp³-hybridized carbons (Fsp3) is 0.722. The normalized spacial score (nSPS) is 19.9. The molecule has 6 nitrogen and oxygen atoms in total. The number of carbonyl (C=O) groups is 1. The van der Waals surface area contributed by atoms with Crippen molar-refractivity contribution in [1.29, 1.82) is 0 Å². The summed E-state index contributed by atoms with van der Waals surface area (Å²) in [5.74, 6) is 0.436. The average Bonchev–Trinajstić information content (AvgIpc) is 2.52. The number of rotatable bonds is 4. The molecule has 0 saturated carbocycles. The van der Waals surface area contributed by atoms with Gasteiger partial charge in [-0.05, 0) is 53.4 Å². The van der Waals surface area contributed by atoms with Gasteiger partial charge >= 0.3 is 6.09 Å². The maximum atomic E-state index is 12.2. The zero-order valence-electron chi connectivity index (χ0n) is 15.5. The van der Waals surface area contributed by atoms with E-state index in [4.69, 9.17) is 4.74 Å². The number of ether oxygens (including phenoxy) is 1. The van der Waals surface area contributed by atoms with Crippen LogP contribution in [0.4, 0.5) is 4.79 Å². The van der Waals surface area contributed by atoms with Gasteiger partial charge in [0, 0.05) is 38.1 Å². The van der Waals surface area contributed by atoms with E-state index in [0.29, 0.717) is 5.92 Å². The lowest BCUT2D eigenvalue weighted by Crippen LogP contribution is -2.45. The molecule has 2 unspecified atom stereocenters. The van der Waals surface area contributed by atoms with Crippen molar-refractivity contribution in [3.63, 3.8) is 0 Å². The predicted octanol–water partition coefficient (Wildman–Crippen LogP) is 3.08. The van der Waals surface area contributed by atoms with Gasteiger partial charge in [0.1, 0.15) is 5.60 Å². The largest absolute Gasteiger partial charge is 0.444 e. The number of nitrogens with zero attached hydrogens (tertiary/aromatic N) is 3. The molecular formula is C18H30N4O2. The topological polar surface area (TPSA) is 67.4 Å². The molecule has 0 bridgehead atoms. The average molecular weight is 334 g/mol. The first-order valence-electron chi connectivity index (χ1n) is 8.75. The minimum absolute atomic E-state index is 0.149. The number of hydrogen-bond acceptors (Lipinski definition) is 5. The summed E-state index contributed by atoms with van der Waals surface area (Å²) in [4.78, 5) is 22.8. The minimum Gasteiger partial charge on any atom is -0.444 e. The van der Waals surface area contributed by atoms with E-state index in [9.17, 15) is 4.79 Å². The molecule has 1 aromatic heterocycles. The molecule has 0 aromatic carbocycles. The van der Waals surface area contributed by atoms with Crippen LogP contribution in [0.25, 0.3) is 0 Å². The van der Waals surface area contributed by atoms with Gasteiger partial charge in [0.15, 0.2) is 0 Å². The molecular weight excluding hydrogens is 304 g/mol. The smallest absolute Gasteiger partial charge is 0.410 e. The van der Waals surface area contributed by atoms with Crippen LogP contribution >= 0.6 is 0 Å². The lowest BCUT2D eigenvalue weighted by Gasteiger charge is -2.34. The first-order valence-corrected chi connectivity index (χ1v) is 8.75. The zero-order chi connectivity index (χ0) is 17.7. The van der Waals surface area contributed by atoms with Crippen LogP contribution in [-0.2, 0) is 4.74 Å². The maximum Gasteiger partial charge on any atom is 0.410 e. The van der Waals surface area contributed by atoms with Crippen molar-refractivity contribution in [2.75, 3.05) is 19.6 Å². The molecule has 2 heterocycles. The number of aromatic nitrogens is 2. The van der Waals surface area contributed by atoms with Crippen LogP contribution in [0.2, 0.25) is 0 Å². The lowest BCUT2D eigenvalue weighted by molar-refractivity contribution is 0.0165. The maximum absolute atomic E-state index is 12.2. The van der Waals surface area contributed by atoms with Crippen molar-refractivity contribution in [2.45, 2.75) is 59.1 Å². The van der Waals surface area contributed by atoms with Crippen LogP contribution in [-0.4, -0.2) is 46.2 Å². The molecule has 1 fully saturated rings. The van der Waals surface area contributed by atoms with E-state index in [1.807, 2.05) is 32.6 Å². The SMILES string of the molecule is Cc1nccnc1C(C)NCC1CCCN(C(=O)OC(C)(C)C)C1. The van der Waals surface area contributed by atoms with Crippen LogP contribution in [0.5, 0.6) is 0 Å². The van der Waals surface area contributed by atoms with Crippen LogP contribution < -0.4 is 5.32 Å². The molecule has 1 amide bonds. The van der Waals surface area contributed by atoms with Crippen LogP contribution in [0, 0.1) is 12.8 Å². The van der Waals surface area contributed by atoms with Crippen molar-refractivity contribution < 1.29 is 9.53 Å². The molecule has 1 saturated heterocycles. The number of carbonyl (C=O) groups excluding carboxylic acids is 1.